The van der Waals surface area contributed by atoms with Gasteiger partial charge in [0, 0.05) is 13.1 Å². The highest BCUT2D eigenvalue weighted by atomic mass is 16.3. The molecule has 0 bridgehead atoms. The second kappa shape index (κ2) is 4.37. The molecule has 17 heavy (non-hydrogen) atoms. The number of carbonyl (C=O) groups excluding carboxylic acids is 1. The summed E-state index contributed by atoms with van der Waals surface area (Å²) in [7, 11) is 0. The van der Waals surface area contributed by atoms with Gasteiger partial charge in [-0.1, -0.05) is 13.8 Å². The average molecular weight is 238 g/mol. The van der Waals surface area contributed by atoms with E-state index in [1.165, 1.54) is 0 Å². The van der Waals surface area contributed by atoms with Crippen LogP contribution in [0.2, 0.25) is 0 Å². The van der Waals surface area contributed by atoms with Crippen LogP contribution in [-0.2, 0) is 0 Å². The molecule has 1 amide bonds. The van der Waals surface area contributed by atoms with E-state index in [-0.39, 0.29) is 17.5 Å². The number of aliphatic hydroxyl groups excluding tert-OH is 1. The van der Waals surface area contributed by atoms with Gasteiger partial charge in [0.2, 0.25) is 0 Å². The molecule has 0 unspecified atom stereocenters. The fraction of sp³-hybridized carbons (Fsp3) is 0.636. The first-order valence-corrected chi connectivity index (χ1v) is 5.81. The molecule has 1 fully saturated rings. The number of likely N-dealkylation sites (tertiary alicyclic amines) is 1. The predicted molar refractivity (Wildman–Crippen MR) is 63.6 cm³/mol. The minimum atomic E-state index is -0.427. The summed E-state index contributed by atoms with van der Waals surface area (Å²) in [5.74, 6) is -0.00424. The van der Waals surface area contributed by atoms with Crippen LogP contribution in [0.4, 0.5) is 5.69 Å². The van der Waals surface area contributed by atoms with Gasteiger partial charge in [-0.25, -0.2) is 0 Å². The lowest BCUT2D eigenvalue weighted by Gasteiger charge is -2.14. The molecule has 6 nitrogen and oxygen atoms in total. The van der Waals surface area contributed by atoms with Gasteiger partial charge >= 0.3 is 0 Å². The second-order valence-electron chi connectivity index (χ2n) is 4.75. The number of hydrogen-bond donors (Lipinski definition) is 3. The van der Waals surface area contributed by atoms with Crippen LogP contribution < -0.4 is 5.73 Å². The average Bonchev–Trinajstić information content (AvgIpc) is 2.83. The van der Waals surface area contributed by atoms with Crippen molar-refractivity contribution in [1.82, 2.24) is 15.1 Å². The Bertz CT molecular complexity index is 427. The van der Waals surface area contributed by atoms with Gasteiger partial charge in [0.25, 0.3) is 5.91 Å². The Hall–Kier alpha value is -1.56. The molecule has 0 aromatic carbocycles. The molecule has 1 aliphatic heterocycles. The van der Waals surface area contributed by atoms with Crippen molar-refractivity contribution in [2.75, 3.05) is 18.8 Å². The van der Waals surface area contributed by atoms with Crippen LogP contribution >= 0.6 is 0 Å². The number of nitrogen functional groups attached to an aromatic ring is 1. The lowest BCUT2D eigenvalue weighted by molar-refractivity contribution is 0.0760. The maximum absolute atomic E-state index is 12.1. The number of H-pyrrole nitrogens is 1. The van der Waals surface area contributed by atoms with Crippen molar-refractivity contribution < 1.29 is 9.90 Å². The van der Waals surface area contributed by atoms with Crippen LogP contribution in [0.3, 0.4) is 0 Å². The minimum absolute atomic E-state index is 0.202. The topological polar surface area (TPSA) is 95.2 Å². The standard InChI is InChI=1S/C11H18N4O2/c1-6(2)9-8(12)10(14-13-9)11(17)15-4-3-7(16)5-15/h6-7,16H,3-5,12H2,1-2H3,(H,13,14)/t7-/m1/s1. The Morgan fingerprint density at radius 1 is 1.65 bits per heavy atom. The maximum Gasteiger partial charge on any atom is 0.276 e. The van der Waals surface area contributed by atoms with E-state index in [0.29, 0.717) is 25.2 Å². The molecule has 1 atom stereocenters. The van der Waals surface area contributed by atoms with E-state index < -0.39 is 6.10 Å². The van der Waals surface area contributed by atoms with E-state index >= 15 is 0 Å². The van der Waals surface area contributed by atoms with Crippen molar-refractivity contribution in [2.45, 2.75) is 32.3 Å². The van der Waals surface area contributed by atoms with Gasteiger partial charge in [-0.05, 0) is 12.3 Å². The number of nitrogens with one attached hydrogen (secondary N) is 1. The first kappa shape index (κ1) is 11.9. The molecule has 1 aromatic rings. The van der Waals surface area contributed by atoms with Crippen molar-refractivity contribution >= 4 is 11.6 Å². The molecule has 2 rings (SSSR count). The van der Waals surface area contributed by atoms with Crippen LogP contribution in [0, 0.1) is 0 Å². The number of aromatic nitrogens is 2. The van der Waals surface area contributed by atoms with Gasteiger partial charge < -0.3 is 15.7 Å². The third-order valence-electron chi connectivity index (χ3n) is 3.06. The lowest BCUT2D eigenvalue weighted by Crippen LogP contribution is -2.30. The van der Waals surface area contributed by atoms with E-state index in [4.69, 9.17) is 5.73 Å². The van der Waals surface area contributed by atoms with Crippen molar-refractivity contribution in [1.29, 1.82) is 0 Å². The first-order chi connectivity index (χ1) is 8.00. The summed E-state index contributed by atoms with van der Waals surface area (Å²) in [6.07, 6.45) is 0.191. The van der Waals surface area contributed by atoms with Gasteiger partial charge in [-0.2, -0.15) is 5.10 Å². The molecular formula is C11H18N4O2. The molecule has 1 saturated heterocycles. The summed E-state index contributed by atoms with van der Waals surface area (Å²) >= 11 is 0. The summed E-state index contributed by atoms with van der Waals surface area (Å²) in [5.41, 5.74) is 7.38. The van der Waals surface area contributed by atoms with Crippen LogP contribution in [0.5, 0.6) is 0 Å². The highest BCUT2D eigenvalue weighted by Crippen LogP contribution is 2.24. The quantitative estimate of drug-likeness (QED) is 0.691. The van der Waals surface area contributed by atoms with E-state index in [0.717, 1.165) is 5.69 Å². The Morgan fingerprint density at radius 2 is 2.35 bits per heavy atom. The molecule has 94 valence electrons. The Morgan fingerprint density at radius 3 is 2.82 bits per heavy atom. The number of amides is 1. The van der Waals surface area contributed by atoms with Crippen molar-refractivity contribution in [2.24, 2.45) is 0 Å². The summed E-state index contributed by atoms with van der Waals surface area (Å²) in [5, 5.41) is 16.2. The van der Waals surface area contributed by atoms with Crippen LogP contribution in [0.25, 0.3) is 0 Å². The van der Waals surface area contributed by atoms with E-state index in [1.807, 2.05) is 13.8 Å². The number of carbonyl (C=O) groups is 1. The van der Waals surface area contributed by atoms with Crippen molar-refractivity contribution in [3.8, 4) is 0 Å². The molecule has 4 N–H and O–H groups in total. The zero-order valence-electron chi connectivity index (χ0n) is 10.1. The highest BCUT2D eigenvalue weighted by Gasteiger charge is 2.29. The predicted octanol–water partition coefficient (Wildman–Crippen LogP) is 0.322. The molecule has 1 aliphatic rings. The minimum Gasteiger partial charge on any atom is -0.395 e. The Labute approximate surface area is 99.8 Å². The Kier molecular flexibility index (Phi) is 3.06. The summed E-state index contributed by atoms with van der Waals surface area (Å²) in [4.78, 5) is 13.7. The molecule has 2 heterocycles. The molecule has 0 aliphatic carbocycles. The molecule has 6 heteroatoms. The van der Waals surface area contributed by atoms with Crippen LogP contribution in [-0.4, -0.2) is 45.3 Å². The molecular weight excluding hydrogens is 220 g/mol. The third kappa shape index (κ3) is 2.12. The maximum atomic E-state index is 12.1. The van der Waals surface area contributed by atoms with E-state index in [9.17, 15) is 9.90 Å². The largest absolute Gasteiger partial charge is 0.395 e. The zero-order chi connectivity index (χ0) is 12.6. The number of rotatable bonds is 2. The number of β-amino-alcohol motifs (C(OH)–C–C–N with tert-alkyl or cyclic N) is 1. The van der Waals surface area contributed by atoms with Gasteiger partial charge in [0.05, 0.1) is 17.5 Å². The summed E-state index contributed by atoms with van der Waals surface area (Å²) in [6, 6.07) is 0. The van der Waals surface area contributed by atoms with Crippen LogP contribution in [0.1, 0.15) is 42.4 Å². The number of aliphatic hydroxyl groups is 1. The smallest absolute Gasteiger partial charge is 0.276 e. The molecule has 1 aromatic heterocycles. The fourth-order valence-corrected chi connectivity index (χ4v) is 2.04. The van der Waals surface area contributed by atoms with Gasteiger partial charge in [-0.3, -0.25) is 9.89 Å². The summed E-state index contributed by atoms with van der Waals surface area (Å²) in [6.45, 7) is 4.89. The zero-order valence-corrected chi connectivity index (χ0v) is 10.1. The number of nitrogens with zero attached hydrogens (tertiary/aromatic N) is 2. The molecule has 0 saturated carbocycles. The monoisotopic (exact) mass is 238 g/mol. The Balaban J connectivity index is 2.20. The number of aromatic amines is 1. The van der Waals surface area contributed by atoms with E-state index in [1.54, 1.807) is 4.90 Å². The van der Waals surface area contributed by atoms with Crippen LogP contribution in [0.15, 0.2) is 0 Å². The normalized spacial score (nSPS) is 20.2. The van der Waals surface area contributed by atoms with Crippen molar-refractivity contribution in [3.63, 3.8) is 0 Å². The van der Waals surface area contributed by atoms with Gasteiger partial charge in [-0.15, -0.1) is 0 Å². The number of anilines is 1. The molecule has 0 radical (unpaired) electrons. The van der Waals surface area contributed by atoms with E-state index in [2.05, 4.69) is 10.2 Å². The summed E-state index contributed by atoms with van der Waals surface area (Å²) < 4.78 is 0. The highest BCUT2D eigenvalue weighted by molar-refractivity contribution is 5.97. The third-order valence-corrected chi connectivity index (χ3v) is 3.06. The lowest BCUT2D eigenvalue weighted by atomic mass is 10.1. The molecule has 0 spiro atoms. The first-order valence-electron chi connectivity index (χ1n) is 5.81. The fourth-order valence-electron chi connectivity index (χ4n) is 2.04. The number of hydrogen-bond acceptors (Lipinski definition) is 4. The van der Waals surface area contributed by atoms with Gasteiger partial charge in [0.1, 0.15) is 0 Å². The SMILES string of the molecule is CC(C)c1[nH]nc(C(=O)N2CC[C@@H](O)C2)c1N. The van der Waals surface area contributed by atoms with Crippen molar-refractivity contribution in [3.05, 3.63) is 11.4 Å². The van der Waals surface area contributed by atoms with Gasteiger partial charge in [0.15, 0.2) is 5.69 Å². The second-order valence-corrected chi connectivity index (χ2v) is 4.75. The number of nitrogens with two attached hydrogens (primary N) is 1.